The third-order valence-corrected chi connectivity index (χ3v) is 8.29. The number of aromatic nitrogens is 5. The summed E-state index contributed by atoms with van der Waals surface area (Å²) in [5.41, 5.74) is 6.90. The van der Waals surface area contributed by atoms with Gasteiger partial charge in [0.1, 0.15) is 22.4 Å². The highest BCUT2D eigenvalue weighted by molar-refractivity contribution is 7.98. The van der Waals surface area contributed by atoms with Crippen molar-refractivity contribution in [1.82, 2.24) is 29.5 Å². The monoisotopic (exact) mass is 522 g/mol. The third kappa shape index (κ3) is 3.09. The third-order valence-electron chi connectivity index (χ3n) is 7.26. The Kier molecular flexibility index (Phi) is 5.06. The summed E-state index contributed by atoms with van der Waals surface area (Å²) >= 11 is 7.98. The van der Waals surface area contributed by atoms with E-state index in [0.29, 0.717) is 52.2 Å². The van der Waals surface area contributed by atoms with Crippen molar-refractivity contribution >= 4 is 46.6 Å². The first-order valence-electron chi connectivity index (χ1n) is 11.4. The van der Waals surface area contributed by atoms with Gasteiger partial charge in [0.25, 0.3) is 11.5 Å². The number of rotatable bonds is 4. The summed E-state index contributed by atoms with van der Waals surface area (Å²) in [6.07, 6.45) is 3.66. The summed E-state index contributed by atoms with van der Waals surface area (Å²) < 4.78 is 3.14. The zero-order chi connectivity index (χ0) is 25.4. The van der Waals surface area contributed by atoms with Gasteiger partial charge >= 0.3 is 0 Å². The van der Waals surface area contributed by atoms with Gasteiger partial charge in [-0.1, -0.05) is 24.6 Å². The minimum absolute atomic E-state index is 0.0687. The van der Waals surface area contributed by atoms with Gasteiger partial charge in [-0.25, -0.2) is 9.50 Å². The number of thioether (sulfide) groups is 1. The van der Waals surface area contributed by atoms with Crippen LogP contribution in [0.1, 0.15) is 35.7 Å². The molecule has 184 valence electrons. The molecule has 0 spiro atoms. The molecule has 0 aliphatic carbocycles. The number of hydrogen-bond donors (Lipinski definition) is 2. The van der Waals surface area contributed by atoms with Gasteiger partial charge in [0.2, 0.25) is 5.95 Å². The number of nitrogen functional groups attached to an aromatic ring is 1. The topological polar surface area (TPSA) is 123 Å². The minimum atomic E-state index is -0.795. The van der Waals surface area contributed by atoms with E-state index in [1.54, 1.807) is 28.6 Å². The molecule has 2 aliphatic rings. The van der Waals surface area contributed by atoms with E-state index >= 15 is 0 Å². The number of hydrogen-bond acceptors (Lipinski definition) is 8. The second-order valence-electron chi connectivity index (χ2n) is 9.19. The van der Waals surface area contributed by atoms with Crippen molar-refractivity contribution in [2.24, 2.45) is 5.92 Å². The number of benzene rings is 1. The van der Waals surface area contributed by atoms with Gasteiger partial charge in [-0.15, -0.1) is 11.8 Å². The summed E-state index contributed by atoms with van der Waals surface area (Å²) in [6, 6.07) is 9.39. The van der Waals surface area contributed by atoms with E-state index in [0.717, 1.165) is 4.90 Å². The number of amides is 1. The van der Waals surface area contributed by atoms with E-state index in [1.165, 1.54) is 4.52 Å². The quantitative estimate of drug-likeness (QED) is 0.392. The first-order chi connectivity index (χ1) is 17.2. The van der Waals surface area contributed by atoms with Crippen molar-refractivity contribution in [3.8, 4) is 5.69 Å². The second kappa shape index (κ2) is 7.97. The Bertz CT molecular complexity index is 1630. The number of carbonyl (C=O) groups excluding carboxylic acids is 1. The number of halogens is 1. The lowest BCUT2D eigenvalue weighted by Gasteiger charge is -2.56. The molecule has 1 unspecified atom stereocenters. The van der Waals surface area contributed by atoms with E-state index in [1.807, 2.05) is 42.3 Å². The zero-order valence-corrected chi connectivity index (χ0v) is 21.4. The lowest BCUT2D eigenvalue weighted by atomic mass is 9.75. The summed E-state index contributed by atoms with van der Waals surface area (Å²) in [7, 11) is 0. The molecule has 5 heterocycles. The lowest BCUT2D eigenvalue weighted by molar-refractivity contribution is 0.0964. The Labute approximate surface area is 215 Å². The Hall–Kier alpha value is -3.57. The Morgan fingerprint density at radius 3 is 2.81 bits per heavy atom. The smallest absolute Gasteiger partial charge is 0.284 e. The van der Waals surface area contributed by atoms with E-state index in [-0.39, 0.29) is 23.3 Å². The molecule has 10 nitrogen and oxygen atoms in total. The summed E-state index contributed by atoms with van der Waals surface area (Å²) in [4.78, 5) is 38.4. The molecule has 12 heteroatoms. The van der Waals surface area contributed by atoms with Crippen LogP contribution in [-0.2, 0) is 12.1 Å². The number of nitrogens with two attached hydrogens (primary N) is 1. The average molecular weight is 523 g/mol. The average Bonchev–Trinajstić information content (AvgIpc) is 3.43. The number of fused-ring (bicyclic) bond motifs is 2. The maximum Gasteiger partial charge on any atom is 0.284 e. The highest BCUT2D eigenvalue weighted by atomic mass is 35.5. The van der Waals surface area contributed by atoms with E-state index in [9.17, 15) is 9.59 Å². The van der Waals surface area contributed by atoms with Crippen molar-refractivity contribution in [1.29, 1.82) is 0 Å². The highest BCUT2D eigenvalue weighted by Gasteiger charge is 2.54. The van der Waals surface area contributed by atoms with Crippen molar-refractivity contribution in [3.05, 3.63) is 69.0 Å². The first-order valence-corrected chi connectivity index (χ1v) is 13.0. The van der Waals surface area contributed by atoms with E-state index in [2.05, 4.69) is 22.2 Å². The Morgan fingerprint density at radius 2 is 2.06 bits per heavy atom. The van der Waals surface area contributed by atoms with Crippen LogP contribution in [0, 0.1) is 5.92 Å². The van der Waals surface area contributed by atoms with E-state index < -0.39 is 5.54 Å². The molecule has 36 heavy (non-hydrogen) atoms. The summed E-state index contributed by atoms with van der Waals surface area (Å²) in [5, 5.41) is 8.05. The Balaban J connectivity index is 1.63. The lowest BCUT2D eigenvalue weighted by Crippen LogP contribution is -2.65. The molecule has 2 atom stereocenters. The molecule has 3 N–H and O–H groups in total. The number of anilines is 2. The van der Waals surface area contributed by atoms with Gasteiger partial charge in [-0.2, -0.15) is 10.1 Å². The SMILES string of the molecule is CSc1cccc(-n2c(C3(C)[C@@H](C)CN3c3nc(N)nc4c3C(=O)NC4)nn3ccc(Cl)c3c2=O)c1. The van der Waals surface area contributed by atoms with Crippen LogP contribution in [0.2, 0.25) is 5.02 Å². The molecule has 0 saturated carbocycles. The summed E-state index contributed by atoms with van der Waals surface area (Å²) in [6.45, 7) is 4.99. The van der Waals surface area contributed by atoms with Crippen LogP contribution in [0.5, 0.6) is 0 Å². The molecule has 6 rings (SSSR count). The van der Waals surface area contributed by atoms with Crippen LogP contribution in [0.4, 0.5) is 11.8 Å². The largest absolute Gasteiger partial charge is 0.368 e. The fraction of sp³-hybridized carbons (Fsp3) is 0.292. The molecule has 4 aromatic rings. The Morgan fingerprint density at radius 1 is 1.25 bits per heavy atom. The normalized spacial score (nSPS) is 20.9. The van der Waals surface area contributed by atoms with Crippen molar-refractivity contribution in [3.63, 3.8) is 0 Å². The maximum absolute atomic E-state index is 13.9. The molecule has 1 amide bonds. The van der Waals surface area contributed by atoms with Gasteiger partial charge in [0.05, 0.1) is 22.9 Å². The fourth-order valence-electron chi connectivity index (χ4n) is 5.11. The summed E-state index contributed by atoms with van der Waals surface area (Å²) in [5.74, 6) is 0.866. The first kappa shape index (κ1) is 22.9. The van der Waals surface area contributed by atoms with Crippen LogP contribution < -0.4 is 21.5 Å². The minimum Gasteiger partial charge on any atom is -0.368 e. The molecule has 2 aliphatic heterocycles. The van der Waals surface area contributed by atoms with Crippen LogP contribution >= 0.6 is 23.4 Å². The standard InChI is InChI=1S/C24H23ClN8O2S/c1-12-11-31(19-17-16(10-27-20(17)34)28-23(26)29-19)24(12,2)22-30-32-8-7-15(25)18(32)21(35)33(22)13-5-4-6-14(9-13)36-3/h4-9,12H,10-11H2,1-3H3,(H,27,34)(H2,26,28,29)/t12-,24?/m0/s1. The predicted octanol–water partition coefficient (Wildman–Crippen LogP) is 2.85. The van der Waals surface area contributed by atoms with Crippen LogP contribution in [-0.4, -0.2) is 42.9 Å². The van der Waals surface area contributed by atoms with Crippen LogP contribution in [0.15, 0.2) is 46.2 Å². The van der Waals surface area contributed by atoms with Gasteiger partial charge in [0, 0.05) is 23.6 Å². The second-order valence-corrected chi connectivity index (χ2v) is 10.5. The maximum atomic E-state index is 13.9. The van der Waals surface area contributed by atoms with E-state index in [4.69, 9.17) is 22.4 Å². The highest BCUT2D eigenvalue weighted by Crippen LogP contribution is 2.48. The van der Waals surface area contributed by atoms with Crippen LogP contribution in [0.25, 0.3) is 11.2 Å². The van der Waals surface area contributed by atoms with Crippen LogP contribution in [0.3, 0.4) is 0 Å². The zero-order valence-electron chi connectivity index (χ0n) is 19.8. The van der Waals surface area contributed by atoms with Gasteiger partial charge in [-0.3, -0.25) is 14.2 Å². The van der Waals surface area contributed by atoms with Crippen molar-refractivity contribution in [2.45, 2.75) is 30.8 Å². The number of nitrogens with one attached hydrogen (secondary N) is 1. The van der Waals surface area contributed by atoms with Crippen molar-refractivity contribution in [2.75, 3.05) is 23.4 Å². The molecule has 0 bridgehead atoms. The number of carbonyl (C=O) groups is 1. The molecule has 0 radical (unpaired) electrons. The predicted molar refractivity (Wildman–Crippen MR) is 139 cm³/mol. The van der Waals surface area contributed by atoms with Gasteiger partial charge in [-0.05, 0) is 37.4 Å². The fourth-order valence-corrected chi connectivity index (χ4v) is 5.79. The number of nitrogens with zero attached hydrogens (tertiary/aromatic N) is 6. The van der Waals surface area contributed by atoms with Gasteiger partial charge < -0.3 is 16.0 Å². The molecular formula is C24H23ClN8O2S. The molecule has 1 fully saturated rings. The molecule has 1 aromatic carbocycles. The molecular weight excluding hydrogens is 500 g/mol. The molecule has 1 saturated heterocycles. The van der Waals surface area contributed by atoms with Gasteiger partial charge in [0.15, 0.2) is 5.82 Å². The molecule has 3 aromatic heterocycles. The van der Waals surface area contributed by atoms with Crippen molar-refractivity contribution < 1.29 is 4.79 Å².